The van der Waals surface area contributed by atoms with Crippen molar-refractivity contribution in [3.05, 3.63) is 35.4 Å². The number of benzene rings is 1. The summed E-state index contributed by atoms with van der Waals surface area (Å²) in [7, 11) is 0. The van der Waals surface area contributed by atoms with Crippen LogP contribution >= 0.6 is 0 Å². The van der Waals surface area contributed by atoms with Gasteiger partial charge in [0.2, 0.25) is 0 Å². The quantitative estimate of drug-likeness (QED) is 0.848. The molecule has 0 spiro atoms. The molecule has 0 aliphatic carbocycles. The van der Waals surface area contributed by atoms with E-state index in [1.54, 1.807) is 0 Å². The maximum atomic E-state index is 12.4. The lowest BCUT2D eigenvalue weighted by atomic mass is 9.95. The SMILES string of the molecule is CCC(CC)C(N)CNC(=O)c1ccc(C(F)(F)F)cc1. The Morgan fingerprint density at radius 3 is 2.14 bits per heavy atom. The fourth-order valence-electron chi connectivity index (χ4n) is 2.18. The highest BCUT2D eigenvalue weighted by atomic mass is 19.4. The summed E-state index contributed by atoms with van der Waals surface area (Å²) in [6.45, 7) is 4.38. The van der Waals surface area contributed by atoms with Crippen molar-refractivity contribution in [1.82, 2.24) is 5.32 Å². The van der Waals surface area contributed by atoms with E-state index < -0.39 is 17.6 Å². The first-order valence-electron chi connectivity index (χ1n) is 7.00. The van der Waals surface area contributed by atoms with Gasteiger partial charge in [0.1, 0.15) is 0 Å². The van der Waals surface area contributed by atoms with E-state index in [0.29, 0.717) is 12.5 Å². The van der Waals surface area contributed by atoms with Crippen LogP contribution in [0.2, 0.25) is 0 Å². The van der Waals surface area contributed by atoms with Crippen molar-refractivity contribution in [3.63, 3.8) is 0 Å². The number of halogens is 3. The van der Waals surface area contributed by atoms with Crippen LogP contribution in [0.4, 0.5) is 13.2 Å². The molecule has 1 rings (SSSR count). The molecule has 21 heavy (non-hydrogen) atoms. The van der Waals surface area contributed by atoms with Crippen molar-refractivity contribution in [2.45, 2.75) is 38.9 Å². The molecule has 1 amide bonds. The molecule has 1 aromatic carbocycles. The Bertz CT molecular complexity index is 453. The number of hydrogen-bond donors (Lipinski definition) is 2. The molecule has 0 aliphatic rings. The predicted molar refractivity (Wildman–Crippen MR) is 75.8 cm³/mol. The summed E-state index contributed by atoms with van der Waals surface area (Å²) >= 11 is 0. The summed E-state index contributed by atoms with van der Waals surface area (Å²) in [5.41, 5.74) is 5.41. The fourth-order valence-corrected chi connectivity index (χ4v) is 2.18. The van der Waals surface area contributed by atoms with Gasteiger partial charge in [0.05, 0.1) is 5.56 Å². The highest BCUT2D eigenvalue weighted by Gasteiger charge is 2.30. The van der Waals surface area contributed by atoms with E-state index in [0.717, 1.165) is 25.0 Å². The number of carbonyl (C=O) groups is 1. The number of rotatable bonds is 6. The average Bonchev–Trinajstić information content (AvgIpc) is 2.45. The van der Waals surface area contributed by atoms with Crippen molar-refractivity contribution in [1.29, 1.82) is 0 Å². The summed E-state index contributed by atoms with van der Waals surface area (Å²) in [6.07, 6.45) is -2.55. The predicted octanol–water partition coefficient (Wildman–Crippen LogP) is 3.20. The molecule has 3 N–H and O–H groups in total. The second-order valence-corrected chi connectivity index (χ2v) is 5.03. The minimum Gasteiger partial charge on any atom is -0.350 e. The third kappa shape index (κ3) is 5.04. The lowest BCUT2D eigenvalue weighted by Crippen LogP contribution is -2.41. The summed E-state index contributed by atoms with van der Waals surface area (Å²) in [5.74, 6) is -0.0944. The van der Waals surface area contributed by atoms with Crippen molar-refractivity contribution in [2.24, 2.45) is 11.7 Å². The molecular weight excluding hydrogens is 281 g/mol. The van der Waals surface area contributed by atoms with Gasteiger partial charge in [-0.1, -0.05) is 26.7 Å². The standard InChI is InChI=1S/C15H21F3N2O/c1-3-10(4-2)13(19)9-20-14(21)11-5-7-12(8-6-11)15(16,17)18/h5-8,10,13H,3-4,9,19H2,1-2H3,(H,20,21). The first-order chi connectivity index (χ1) is 9.79. The number of nitrogens with two attached hydrogens (primary N) is 1. The van der Waals surface area contributed by atoms with Crippen LogP contribution in [-0.2, 0) is 6.18 Å². The summed E-state index contributed by atoms with van der Waals surface area (Å²) in [5, 5.41) is 2.66. The number of amides is 1. The maximum absolute atomic E-state index is 12.4. The molecule has 3 nitrogen and oxygen atoms in total. The first kappa shape index (κ1) is 17.5. The zero-order valence-corrected chi connectivity index (χ0v) is 12.2. The highest BCUT2D eigenvalue weighted by Crippen LogP contribution is 2.29. The van der Waals surface area contributed by atoms with E-state index in [1.807, 2.05) is 13.8 Å². The van der Waals surface area contributed by atoms with Gasteiger partial charge in [0, 0.05) is 18.2 Å². The number of nitrogens with one attached hydrogen (secondary N) is 1. The lowest BCUT2D eigenvalue weighted by Gasteiger charge is -2.21. The van der Waals surface area contributed by atoms with E-state index >= 15 is 0 Å². The van der Waals surface area contributed by atoms with Gasteiger partial charge in [0.15, 0.2) is 0 Å². The number of carbonyl (C=O) groups excluding carboxylic acids is 1. The Kier molecular flexibility index (Phi) is 6.20. The van der Waals surface area contributed by atoms with Crippen LogP contribution in [0.25, 0.3) is 0 Å². The van der Waals surface area contributed by atoms with Crippen LogP contribution in [0.5, 0.6) is 0 Å². The maximum Gasteiger partial charge on any atom is 0.416 e. The molecule has 0 saturated carbocycles. The van der Waals surface area contributed by atoms with E-state index in [4.69, 9.17) is 5.73 Å². The van der Waals surface area contributed by atoms with Crippen molar-refractivity contribution >= 4 is 5.91 Å². The third-order valence-corrected chi connectivity index (χ3v) is 3.63. The molecule has 1 aromatic rings. The number of alkyl halides is 3. The Labute approximate surface area is 122 Å². The number of hydrogen-bond acceptors (Lipinski definition) is 2. The molecule has 0 heterocycles. The molecule has 0 saturated heterocycles. The third-order valence-electron chi connectivity index (χ3n) is 3.63. The van der Waals surface area contributed by atoms with Crippen molar-refractivity contribution in [2.75, 3.05) is 6.54 Å². The fraction of sp³-hybridized carbons (Fsp3) is 0.533. The Balaban J connectivity index is 2.60. The van der Waals surface area contributed by atoms with Gasteiger partial charge in [-0.3, -0.25) is 4.79 Å². The molecule has 1 atom stereocenters. The normalized spacial score (nSPS) is 13.3. The summed E-state index contributed by atoms with van der Waals surface area (Å²) in [4.78, 5) is 11.9. The molecule has 0 bridgehead atoms. The zero-order chi connectivity index (χ0) is 16.0. The average molecular weight is 302 g/mol. The molecule has 1 unspecified atom stereocenters. The molecule has 0 aliphatic heterocycles. The smallest absolute Gasteiger partial charge is 0.350 e. The summed E-state index contributed by atoms with van der Waals surface area (Å²) in [6, 6.07) is 3.98. The largest absolute Gasteiger partial charge is 0.416 e. The van der Waals surface area contributed by atoms with Crippen LogP contribution in [-0.4, -0.2) is 18.5 Å². The lowest BCUT2D eigenvalue weighted by molar-refractivity contribution is -0.137. The molecule has 0 fully saturated rings. The molecule has 6 heteroatoms. The molecule has 118 valence electrons. The van der Waals surface area contributed by atoms with E-state index in [-0.39, 0.29) is 11.6 Å². The van der Waals surface area contributed by atoms with E-state index in [1.165, 1.54) is 12.1 Å². The van der Waals surface area contributed by atoms with Crippen LogP contribution < -0.4 is 11.1 Å². The monoisotopic (exact) mass is 302 g/mol. The second kappa shape index (κ2) is 7.45. The van der Waals surface area contributed by atoms with Gasteiger partial charge in [0.25, 0.3) is 5.91 Å². The van der Waals surface area contributed by atoms with E-state index in [2.05, 4.69) is 5.32 Å². The zero-order valence-electron chi connectivity index (χ0n) is 12.2. The van der Waals surface area contributed by atoms with Crippen molar-refractivity contribution in [3.8, 4) is 0 Å². The van der Waals surface area contributed by atoms with Gasteiger partial charge in [-0.15, -0.1) is 0 Å². The summed E-state index contributed by atoms with van der Waals surface area (Å²) < 4.78 is 37.3. The van der Waals surface area contributed by atoms with E-state index in [9.17, 15) is 18.0 Å². The minimum absolute atomic E-state index is 0.154. The van der Waals surface area contributed by atoms with Crippen molar-refractivity contribution < 1.29 is 18.0 Å². The highest BCUT2D eigenvalue weighted by molar-refractivity contribution is 5.94. The molecule has 0 radical (unpaired) electrons. The van der Waals surface area contributed by atoms with Gasteiger partial charge in [-0.05, 0) is 30.2 Å². The van der Waals surface area contributed by atoms with Gasteiger partial charge in [-0.2, -0.15) is 13.2 Å². The van der Waals surface area contributed by atoms with Crippen LogP contribution in [0, 0.1) is 5.92 Å². The Hall–Kier alpha value is -1.56. The van der Waals surface area contributed by atoms with Gasteiger partial charge >= 0.3 is 6.18 Å². The van der Waals surface area contributed by atoms with Crippen LogP contribution in [0.3, 0.4) is 0 Å². The Morgan fingerprint density at radius 1 is 1.19 bits per heavy atom. The van der Waals surface area contributed by atoms with Gasteiger partial charge < -0.3 is 11.1 Å². The second-order valence-electron chi connectivity index (χ2n) is 5.03. The minimum atomic E-state index is -4.40. The molecule has 0 aromatic heterocycles. The van der Waals surface area contributed by atoms with Crippen LogP contribution in [0.1, 0.15) is 42.6 Å². The molecular formula is C15H21F3N2O. The van der Waals surface area contributed by atoms with Gasteiger partial charge in [-0.25, -0.2) is 0 Å². The van der Waals surface area contributed by atoms with Crippen LogP contribution in [0.15, 0.2) is 24.3 Å². The first-order valence-corrected chi connectivity index (χ1v) is 7.00. The topological polar surface area (TPSA) is 55.1 Å². The Morgan fingerprint density at radius 2 is 1.71 bits per heavy atom.